The number of aliphatic hydroxyl groups is 1. The average Bonchev–Trinajstić information content (AvgIpc) is 2.99. The lowest BCUT2D eigenvalue weighted by atomic mass is 9.69. The van der Waals surface area contributed by atoms with Crippen LogP contribution in [0.5, 0.6) is 0 Å². The summed E-state index contributed by atoms with van der Waals surface area (Å²) in [6, 6.07) is 14.2. The van der Waals surface area contributed by atoms with Crippen LogP contribution < -0.4 is 10.6 Å². The zero-order valence-electron chi connectivity index (χ0n) is 13.5. The van der Waals surface area contributed by atoms with Crippen LogP contribution in [0.1, 0.15) is 17.9 Å². The molecule has 4 nitrogen and oxygen atoms in total. The van der Waals surface area contributed by atoms with Gasteiger partial charge in [-0.25, -0.2) is 0 Å². The number of nitrogens with one attached hydrogen (secondary N) is 2. The normalized spacial score (nSPS) is 22.6. The standard InChI is InChI=1S/C18H18BCl2N2O2/c20-12-4-1-3-11(7-12)15-9-16(19-10-24)23-17(15)18(25)22-14-6-2-5-13(21)8-14/h1-8,15-17,23-24H,9-10H2,(H,22,25). The predicted octanol–water partition coefficient (Wildman–Crippen LogP) is 3.06. The van der Waals surface area contributed by atoms with Crippen LogP contribution in [0.15, 0.2) is 48.5 Å². The molecule has 1 heterocycles. The molecule has 1 aliphatic rings. The Balaban J connectivity index is 1.81. The molecular weight excluding hydrogens is 358 g/mol. The van der Waals surface area contributed by atoms with Gasteiger partial charge < -0.3 is 15.7 Å². The summed E-state index contributed by atoms with van der Waals surface area (Å²) in [4.78, 5) is 12.8. The molecule has 0 saturated carbocycles. The minimum Gasteiger partial charge on any atom is -0.405 e. The van der Waals surface area contributed by atoms with Crippen LogP contribution in [0.3, 0.4) is 0 Å². The molecule has 1 amide bonds. The fraction of sp³-hybridized carbons (Fsp3) is 0.278. The fourth-order valence-corrected chi connectivity index (χ4v) is 3.62. The second kappa shape index (κ2) is 8.24. The Labute approximate surface area is 157 Å². The number of carbonyl (C=O) groups is 1. The molecule has 129 valence electrons. The summed E-state index contributed by atoms with van der Waals surface area (Å²) in [6.45, 7) is -0.0391. The summed E-state index contributed by atoms with van der Waals surface area (Å²) in [5, 5.41) is 16.6. The number of amides is 1. The smallest absolute Gasteiger partial charge is 0.242 e. The first-order valence-electron chi connectivity index (χ1n) is 8.09. The Morgan fingerprint density at radius 3 is 2.60 bits per heavy atom. The number of anilines is 1. The van der Waals surface area contributed by atoms with Crippen LogP contribution in [-0.4, -0.2) is 36.8 Å². The van der Waals surface area contributed by atoms with Crippen molar-refractivity contribution in [2.24, 2.45) is 0 Å². The average molecular weight is 376 g/mol. The zero-order chi connectivity index (χ0) is 17.8. The van der Waals surface area contributed by atoms with E-state index in [1.807, 2.05) is 24.3 Å². The molecule has 0 aliphatic carbocycles. The van der Waals surface area contributed by atoms with Crippen LogP contribution in [0.25, 0.3) is 0 Å². The van der Waals surface area contributed by atoms with Gasteiger partial charge in [0.1, 0.15) is 0 Å². The second-order valence-electron chi connectivity index (χ2n) is 6.07. The van der Waals surface area contributed by atoms with Crippen molar-refractivity contribution >= 4 is 42.1 Å². The highest BCUT2D eigenvalue weighted by atomic mass is 35.5. The van der Waals surface area contributed by atoms with E-state index < -0.39 is 6.04 Å². The molecule has 2 aromatic rings. The molecule has 1 aliphatic heterocycles. The summed E-state index contributed by atoms with van der Waals surface area (Å²) in [7, 11) is 1.77. The largest absolute Gasteiger partial charge is 0.405 e. The fourth-order valence-electron chi connectivity index (χ4n) is 3.23. The first-order valence-corrected chi connectivity index (χ1v) is 8.84. The molecule has 1 fully saturated rings. The molecule has 1 saturated heterocycles. The van der Waals surface area contributed by atoms with Gasteiger partial charge in [0, 0.05) is 28.2 Å². The number of benzene rings is 2. The number of hydrogen-bond acceptors (Lipinski definition) is 3. The van der Waals surface area contributed by atoms with Crippen LogP contribution in [0, 0.1) is 0 Å². The molecule has 1 radical (unpaired) electrons. The molecule has 0 aromatic heterocycles. The second-order valence-corrected chi connectivity index (χ2v) is 6.94. The molecule has 3 rings (SSSR count). The Bertz CT molecular complexity index is 759. The molecule has 25 heavy (non-hydrogen) atoms. The minimum absolute atomic E-state index is 0.0364. The quantitative estimate of drug-likeness (QED) is 0.704. The maximum absolute atomic E-state index is 12.8. The lowest BCUT2D eigenvalue weighted by molar-refractivity contribution is -0.118. The van der Waals surface area contributed by atoms with E-state index in [1.54, 1.807) is 31.5 Å². The van der Waals surface area contributed by atoms with Crippen molar-refractivity contribution < 1.29 is 9.90 Å². The molecule has 2 aromatic carbocycles. The monoisotopic (exact) mass is 375 g/mol. The van der Waals surface area contributed by atoms with Gasteiger partial charge in [-0.05, 0) is 48.3 Å². The van der Waals surface area contributed by atoms with Crippen molar-refractivity contribution in [2.45, 2.75) is 24.3 Å². The van der Waals surface area contributed by atoms with Crippen molar-refractivity contribution in [1.29, 1.82) is 0 Å². The molecule has 3 atom stereocenters. The third-order valence-electron chi connectivity index (χ3n) is 4.35. The molecule has 0 spiro atoms. The summed E-state index contributed by atoms with van der Waals surface area (Å²) in [5.74, 6) is -0.212. The molecule has 7 heteroatoms. The van der Waals surface area contributed by atoms with E-state index in [2.05, 4.69) is 10.6 Å². The highest BCUT2D eigenvalue weighted by Crippen LogP contribution is 2.32. The summed E-state index contributed by atoms with van der Waals surface area (Å²) in [6.07, 6.45) is 0.717. The van der Waals surface area contributed by atoms with E-state index >= 15 is 0 Å². The number of carbonyl (C=O) groups excluding carboxylic acids is 1. The van der Waals surface area contributed by atoms with E-state index in [1.165, 1.54) is 0 Å². The summed E-state index contributed by atoms with van der Waals surface area (Å²) >= 11 is 12.1. The zero-order valence-corrected chi connectivity index (χ0v) is 15.0. The Morgan fingerprint density at radius 1 is 1.20 bits per heavy atom. The summed E-state index contributed by atoms with van der Waals surface area (Å²) in [5.41, 5.74) is 1.65. The van der Waals surface area contributed by atoms with Gasteiger partial charge in [-0.1, -0.05) is 41.4 Å². The van der Waals surface area contributed by atoms with Gasteiger partial charge in [0.2, 0.25) is 5.91 Å². The van der Waals surface area contributed by atoms with Gasteiger partial charge in [-0.3, -0.25) is 4.79 Å². The SMILES string of the molecule is O=C(Nc1cccc(Cl)c1)C1NC([B]CO)CC1c1cccc(Cl)c1. The predicted molar refractivity (Wildman–Crippen MR) is 102 cm³/mol. The topological polar surface area (TPSA) is 61.4 Å². The maximum atomic E-state index is 12.8. The van der Waals surface area contributed by atoms with E-state index in [0.29, 0.717) is 22.2 Å². The molecule has 3 unspecified atom stereocenters. The Kier molecular flexibility index (Phi) is 6.02. The van der Waals surface area contributed by atoms with Crippen molar-refractivity contribution in [2.75, 3.05) is 11.8 Å². The van der Waals surface area contributed by atoms with Crippen molar-refractivity contribution in [3.05, 3.63) is 64.1 Å². The number of hydrogen-bond donors (Lipinski definition) is 3. The van der Waals surface area contributed by atoms with Crippen LogP contribution in [0.4, 0.5) is 5.69 Å². The van der Waals surface area contributed by atoms with E-state index in [0.717, 1.165) is 5.56 Å². The van der Waals surface area contributed by atoms with Crippen LogP contribution >= 0.6 is 23.2 Å². The van der Waals surface area contributed by atoms with Gasteiger partial charge in [-0.2, -0.15) is 0 Å². The number of rotatable bonds is 5. The van der Waals surface area contributed by atoms with Crippen LogP contribution in [-0.2, 0) is 4.79 Å². The van der Waals surface area contributed by atoms with Crippen molar-refractivity contribution in [3.8, 4) is 0 Å². The van der Waals surface area contributed by atoms with E-state index in [4.69, 9.17) is 23.2 Å². The lowest BCUT2D eigenvalue weighted by Gasteiger charge is -2.20. The number of aliphatic hydroxyl groups excluding tert-OH is 1. The summed E-state index contributed by atoms with van der Waals surface area (Å²) < 4.78 is 0. The third kappa shape index (κ3) is 4.56. The third-order valence-corrected chi connectivity index (χ3v) is 4.82. The highest BCUT2D eigenvalue weighted by molar-refractivity contribution is 6.37. The first kappa shape index (κ1) is 18.3. The Hall–Kier alpha value is -1.53. The first-order chi connectivity index (χ1) is 12.1. The van der Waals surface area contributed by atoms with E-state index in [9.17, 15) is 9.90 Å². The van der Waals surface area contributed by atoms with Gasteiger partial charge in [0.25, 0.3) is 0 Å². The van der Waals surface area contributed by atoms with Gasteiger partial charge in [-0.15, -0.1) is 0 Å². The van der Waals surface area contributed by atoms with Gasteiger partial charge >= 0.3 is 0 Å². The molecular formula is C18H18BCl2N2O2. The van der Waals surface area contributed by atoms with Crippen molar-refractivity contribution in [3.63, 3.8) is 0 Å². The number of halogens is 2. The van der Waals surface area contributed by atoms with E-state index in [-0.39, 0.29) is 24.3 Å². The Morgan fingerprint density at radius 2 is 1.92 bits per heavy atom. The molecule has 3 N–H and O–H groups in total. The van der Waals surface area contributed by atoms with Crippen LogP contribution in [0.2, 0.25) is 10.0 Å². The van der Waals surface area contributed by atoms with Crippen molar-refractivity contribution in [1.82, 2.24) is 5.32 Å². The lowest BCUT2D eigenvalue weighted by Crippen LogP contribution is -2.43. The van der Waals surface area contributed by atoms with Gasteiger partial charge in [0.15, 0.2) is 7.28 Å². The minimum atomic E-state index is -0.426. The van der Waals surface area contributed by atoms with Gasteiger partial charge in [0.05, 0.1) is 6.04 Å². The maximum Gasteiger partial charge on any atom is 0.242 e. The highest BCUT2D eigenvalue weighted by Gasteiger charge is 2.38. The molecule has 0 bridgehead atoms.